The van der Waals surface area contributed by atoms with Gasteiger partial charge in [-0.15, -0.1) is 0 Å². The first-order valence-electron chi connectivity index (χ1n) is 2.73. The molecule has 1 aromatic rings. The summed E-state index contributed by atoms with van der Waals surface area (Å²) in [5, 5.41) is 0. The molecule has 0 saturated carbocycles. The van der Waals surface area contributed by atoms with E-state index in [2.05, 4.69) is 0 Å². The van der Waals surface area contributed by atoms with E-state index in [0.717, 1.165) is 6.07 Å². The fourth-order valence-corrected chi connectivity index (χ4v) is 0.460. The summed E-state index contributed by atoms with van der Waals surface area (Å²) in [6.07, 6.45) is 0. The SMILES string of the molecule is Fc1cccc(F)c1.O=[Se](O)O. The van der Waals surface area contributed by atoms with Crippen molar-refractivity contribution in [3.05, 3.63) is 35.9 Å². The Bertz CT molecular complexity index is 245. The molecule has 0 atom stereocenters. The molecule has 2 N–H and O–H groups in total. The van der Waals surface area contributed by atoms with Gasteiger partial charge in [-0.1, -0.05) is 6.07 Å². The van der Waals surface area contributed by atoms with Crippen LogP contribution < -0.4 is 0 Å². The van der Waals surface area contributed by atoms with E-state index in [1.54, 1.807) is 0 Å². The molecule has 1 aromatic carbocycles. The molecule has 0 amide bonds. The van der Waals surface area contributed by atoms with Gasteiger partial charge >= 0.3 is 26.7 Å². The molecule has 3 nitrogen and oxygen atoms in total. The number of rotatable bonds is 0. The zero-order valence-electron chi connectivity index (χ0n) is 5.78. The number of hydrogen-bond acceptors (Lipinski definition) is 1. The minimum absolute atomic E-state index is 0.537. The Hall–Kier alpha value is -0.681. The van der Waals surface area contributed by atoms with Crippen LogP contribution in [0.2, 0.25) is 0 Å². The third-order valence-electron chi connectivity index (χ3n) is 0.787. The monoisotopic (exact) mass is 244 g/mol. The first-order chi connectivity index (χ1) is 5.52. The van der Waals surface area contributed by atoms with Crippen LogP contribution >= 0.6 is 0 Å². The van der Waals surface area contributed by atoms with E-state index in [-0.39, 0.29) is 0 Å². The topological polar surface area (TPSA) is 57.5 Å². The van der Waals surface area contributed by atoms with Crippen molar-refractivity contribution in [3.63, 3.8) is 0 Å². The van der Waals surface area contributed by atoms with Gasteiger partial charge in [0.1, 0.15) is 11.6 Å². The van der Waals surface area contributed by atoms with Gasteiger partial charge in [-0.2, -0.15) is 0 Å². The zero-order chi connectivity index (χ0) is 9.56. The van der Waals surface area contributed by atoms with Crippen LogP contribution in [-0.4, -0.2) is 22.9 Å². The van der Waals surface area contributed by atoms with E-state index in [9.17, 15) is 8.78 Å². The molecular formula is C6H6F2O3Se. The van der Waals surface area contributed by atoms with Crippen LogP contribution in [0.15, 0.2) is 24.3 Å². The molecule has 0 aliphatic rings. The molecule has 68 valence electrons. The van der Waals surface area contributed by atoms with Gasteiger partial charge in [-0.25, -0.2) is 8.78 Å². The predicted octanol–water partition coefficient (Wildman–Crippen LogP) is 0.351. The Balaban J connectivity index is 0.000000261. The molecule has 0 aromatic heterocycles. The van der Waals surface area contributed by atoms with Crippen molar-refractivity contribution < 1.29 is 21.0 Å². The fraction of sp³-hybridized carbons (Fsp3) is 0. The van der Waals surface area contributed by atoms with E-state index < -0.39 is 26.1 Å². The van der Waals surface area contributed by atoms with E-state index >= 15 is 0 Å². The van der Waals surface area contributed by atoms with Gasteiger partial charge in [0.15, 0.2) is 0 Å². The van der Waals surface area contributed by atoms with Gasteiger partial charge < -0.3 is 0 Å². The fourth-order valence-electron chi connectivity index (χ4n) is 0.460. The van der Waals surface area contributed by atoms with Crippen molar-refractivity contribution in [2.45, 2.75) is 0 Å². The quantitative estimate of drug-likeness (QED) is 0.646. The van der Waals surface area contributed by atoms with Gasteiger partial charge in [0.25, 0.3) is 0 Å². The van der Waals surface area contributed by atoms with E-state index in [1.165, 1.54) is 18.2 Å². The first kappa shape index (κ1) is 11.3. The number of halogens is 2. The number of hydrogen-bond donors (Lipinski definition) is 2. The summed E-state index contributed by atoms with van der Waals surface area (Å²) in [6.45, 7) is 0. The molecule has 0 heterocycles. The van der Waals surface area contributed by atoms with Gasteiger partial charge in [0, 0.05) is 6.07 Å². The second-order valence-corrected chi connectivity index (χ2v) is 2.64. The molecule has 0 aliphatic carbocycles. The van der Waals surface area contributed by atoms with Gasteiger partial charge in [-0.05, 0) is 12.1 Å². The Labute approximate surface area is 72.0 Å². The van der Waals surface area contributed by atoms with E-state index in [1.807, 2.05) is 0 Å². The summed E-state index contributed by atoms with van der Waals surface area (Å²) in [5.41, 5.74) is 0. The van der Waals surface area contributed by atoms with E-state index in [4.69, 9.17) is 12.2 Å². The molecule has 1 rings (SSSR count). The van der Waals surface area contributed by atoms with Crippen molar-refractivity contribution in [2.75, 3.05) is 0 Å². The number of benzene rings is 1. The molecule has 0 radical (unpaired) electrons. The van der Waals surface area contributed by atoms with Crippen molar-refractivity contribution in [3.8, 4) is 0 Å². The summed E-state index contributed by atoms with van der Waals surface area (Å²) in [7, 11) is 0. The third kappa shape index (κ3) is 7.43. The van der Waals surface area contributed by atoms with Crippen LogP contribution in [0.1, 0.15) is 0 Å². The predicted molar refractivity (Wildman–Crippen MR) is 37.2 cm³/mol. The average molecular weight is 243 g/mol. The molecule has 6 heteroatoms. The second kappa shape index (κ2) is 5.91. The molecule has 0 fully saturated rings. The summed E-state index contributed by atoms with van der Waals surface area (Å²) >= 11 is -3.29. The van der Waals surface area contributed by atoms with Gasteiger partial charge in [0.05, 0.1) is 0 Å². The van der Waals surface area contributed by atoms with Crippen molar-refractivity contribution in [1.82, 2.24) is 0 Å². The van der Waals surface area contributed by atoms with Crippen LogP contribution in [-0.2, 0) is 3.83 Å². The maximum atomic E-state index is 11.9. The van der Waals surface area contributed by atoms with Crippen LogP contribution in [0.3, 0.4) is 0 Å². The second-order valence-electron chi connectivity index (χ2n) is 1.67. The van der Waals surface area contributed by atoms with Crippen molar-refractivity contribution in [1.29, 1.82) is 0 Å². The molecule has 12 heavy (non-hydrogen) atoms. The Morgan fingerprint density at radius 1 is 1.17 bits per heavy atom. The summed E-state index contributed by atoms with van der Waals surface area (Å²) < 4.78 is 47.0. The summed E-state index contributed by atoms with van der Waals surface area (Å²) in [5.74, 6) is -1.07. The van der Waals surface area contributed by atoms with Crippen LogP contribution in [0.5, 0.6) is 0 Å². The minimum atomic E-state index is -3.29. The zero-order valence-corrected chi connectivity index (χ0v) is 7.49. The molecule has 0 bridgehead atoms. The summed E-state index contributed by atoms with van der Waals surface area (Å²) in [4.78, 5) is 0. The Morgan fingerprint density at radius 3 is 1.67 bits per heavy atom. The average Bonchev–Trinajstić information content (AvgIpc) is 1.84. The van der Waals surface area contributed by atoms with Gasteiger partial charge in [-0.3, -0.25) is 0 Å². The molecular weight excluding hydrogens is 237 g/mol. The third-order valence-corrected chi connectivity index (χ3v) is 0.787. The van der Waals surface area contributed by atoms with Crippen LogP contribution in [0.25, 0.3) is 0 Å². The molecule has 0 spiro atoms. The van der Waals surface area contributed by atoms with Gasteiger partial charge in [0.2, 0.25) is 0 Å². The van der Waals surface area contributed by atoms with Crippen LogP contribution in [0, 0.1) is 11.6 Å². The molecule has 0 aliphatic heterocycles. The Morgan fingerprint density at radius 2 is 1.50 bits per heavy atom. The Kier molecular flexibility index (Phi) is 5.57. The normalized spacial score (nSPS) is 9.08. The molecule has 0 saturated heterocycles. The first-order valence-corrected chi connectivity index (χ1v) is 4.96. The van der Waals surface area contributed by atoms with Crippen molar-refractivity contribution >= 4 is 14.5 Å². The summed E-state index contributed by atoms with van der Waals surface area (Å²) in [6, 6.07) is 4.55. The van der Waals surface area contributed by atoms with E-state index in [0.29, 0.717) is 0 Å². The maximum absolute atomic E-state index is 11.9. The van der Waals surface area contributed by atoms with Crippen LogP contribution in [0.4, 0.5) is 8.78 Å². The van der Waals surface area contributed by atoms with Crippen molar-refractivity contribution in [2.24, 2.45) is 0 Å². The standard InChI is InChI=1S/C6H4F2.H2O3Se/c7-5-2-1-3-6(8)4-5;1-4(2)3/h1-4H;(H2,1,2,3). The molecule has 0 unspecified atom stereocenters.